The van der Waals surface area contributed by atoms with Gasteiger partial charge in [0.2, 0.25) is 0 Å². The first kappa shape index (κ1) is 14.4. The van der Waals surface area contributed by atoms with Crippen molar-refractivity contribution < 1.29 is 0 Å². The zero-order chi connectivity index (χ0) is 14.9. The van der Waals surface area contributed by atoms with Crippen LogP contribution >= 0.6 is 11.3 Å². The summed E-state index contributed by atoms with van der Waals surface area (Å²) in [5.74, 6) is 0.818. The fourth-order valence-corrected chi connectivity index (χ4v) is 4.92. The van der Waals surface area contributed by atoms with Gasteiger partial charge in [0.1, 0.15) is 0 Å². The third kappa shape index (κ3) is 2.85. The molecule has 2 saturated heterocycles. The number of aromatic nitrogens is 2. The van der Waals surface area contributed by atoms with E-state index in [1.165, 1.54) is 31.5 Å². The van der Waals surface area contributed by atoms with Gasteiger partial charge in [0.05, 0.1) is 6.54 Å². The second kappa shape index (κ2) is 6.14. The van der Waals surface area contributed by atoms with Crippen LogP contribution in [0.4, 0.5) is 0 Å². The van der Waals surface area contributed by atoms with Crippen molar-refractivity contribution in [3.05, 3.63) is 40.8 Å². The minimum Gasteiger partial charge on any atom is -0.299 e. The molecule has 2 aromatic rings. The van der Waals surface area contributed by atoms with Crippen LogP contribution in [0.15, 0.2) is 35.3 Å². The second-order valence-electron chi connectivity index (χ2n) is 6.77. The highest BCUT2D eigenvalue weighted by Crippen LogP contribution is 2.35. The molecule has 0 aliphatic carbocycles. The first-order valence-electron chi connectivity index (χ1n) is 8.22. The maximum Gasteiger partial charge on any atom is 0.0565 e. The predicted molar refractivity (Wildman–Crippen MR) is 89.9 cm³/mol. The molecule has 1 unspecified atom stereocenters. The standard InChI is InChI=1S/C17H24N4S/c1-19-16(12-21-6-2-5-18-21)9-15-11-20(7-3-17(15)19)10-14-4-8-22-13-14/h2,4-6,8,13,15-17H,3,7,9-12H2,1H3/t15-,16?,17+/m0/s1. The molecule has 0 saturated carbocycles. The monoisotopic (exact) mass is 316 g/mol. The summed E-state index contributed by atoms with van der Waals surface area (Å²) in [6, 6.07) is 5.68. The lowest BCUT2D eigenvalue weighted by molar-refractivity contribution is 0.110. The molecule has 0 N–H and O–H groups in total. The van der Waals surface area contributed by atoms with Gasteiger partial charge in [-0.25, -0.2) is 0 Å². The van der Waals surface area contributed by atoms with Crippen molar-refractivity contribution in [1.82, 2.24) is 19.6 Å². The molecule has 118 valence electrons. The average molecular weight is 316 g/mol. The van der Waals surface area contributed by atoms with Crippen molar-refractivity contribution in [3.63, 3.8) is 0 Å². The predicted octanol–water partition coefficient (Wildman–Crippen LogP) is 2.54. The van der Waals surface area contributed by atoms with Crippen LogP contribution < -0.4 is 0 Å². The molecule has 22 heavy (non-hydrogen) atoms. The van der Waals surface area contributed by atoms with E-state index >= 15 is 0 Å². The summed E-state index contributed by atoms with van der Waals surface area (Å²) in [5, 5.41) is 8.85. The smallest absolute Gasteiger partial charge is 0.0565 e. The Morgan fingerprint density at radius 3 is 3.14 bits per heavy atom. The number of hydrogen-bond acceptors (Lipinski definition) is 4. The summed E-state index contributed by atoms with van der Waals surface area (Å²) >= 11 is 1.81. The zero-order valence-electron chi connectivity index (χ0n) is 13.1. The molecule has 2 aliphatic heterocycles. The van der Waals surface area contributed by atoms with Gasteiger partial charge >= 0.3 is 0 Å². The van der Waals surface area contributed by atoms with E-state index in [1.54, 1.807) is 11.3 Å². The lowest BCUT2D eigenvalue weighted by Gasteiger charge is -2.37. The Morgan fingerprint density at radius 2 is 2.36 bits per heavy atom. The fourth-order valence-electron chi connectivity index (χ4n) is 4.26. The van der Waals surface area contributed by atoms with Crippen molar-refractivity contribution in [2.75, 3.05) is 20.1 Å². The third-order valence-corrected chi connectivity index (χ3v) is 6.13. The van der Waals surface area contributed by atoms with Gasteiger partial charge in [0.25, 0.3) is 0 Å². The van der Waals surface area contributed by atoms with Crippen LogP contribution in [-0.4, -0.2) is 51.8 Å². The van der Waals surface area contributed by atoms with Gasteiger partial charge in [-0.05, 0) is 60.8 Å². The molecule has 0 radical (unpaired) electrons. The number of likely N-dealkylation sites (tertiary alicyclic amines) is 2. The van der Waals surface area contributed by atoms with Gasteiger partial charge in [-0.15, -0.1) is 0 Å². The van der Waals surface area contributed by atoms with E-state index in [2.05, 4.69) is 49.7 Å². The summed E-state index contributed by atoms with van der Waals surface area (Å²) in [6.45, 7) is 4.64. The van der Waals surface area contributed by atoms with Gasteiger partial charge in [0.15, 0.2) is 0 Å². The van der Waals surface area contributed by atoms with E-state index in [0.717, 1.165) is 25.0 Å². The molecule has 0 spiro atoms. The number of likely N-dealkylation sites (N-methyl/N-ethyl adjacent to an activating group) is 1. The second-order valence-corrected chi connectivity index (χ2v) is 7.55. The average Bonchev–Trinajstić information content (AvgIpc) is 3.24. The molecule has 5 heteroatoms. The molecule has 0 amide bonds. The Balaban J connectivity index is 1.38. The first-order chi connectivity index (χ1) is 10.8. The zero-order valence-corrected chi connectivity index (χ0v) is 14.0. The van der Waals surface area contributed by atoms with Crippen LogP contribution in [0.2, 0.25) is 0 Å². The van der Waals surface area contributed by atoms with Gasteiger partial charge in [-0.2, -0.15) is 16.4 Å². The number of hydrogen-bond donors (Lipinski definition) is 0. The van der Waals surface area contributed by atoms with Crippen LogP contribution in [0.3, 0.4) is 0 Å². The van der Waals surface area contributed by atoms with Crippen LogP contribution in [0.25, 0.3) is 0 Å². The quantitative estimate of drug-likeness (QED) is 0.866. The van der Waals surface area contributed by atoms with E-state index in [0.29, 0.717) is 6.04 Å². The molecular formula is C17H24N4S. The van der Waals surface area contributed by atoms with Crippen molar-refractivity contribution in [2.24, 2.45) is 5.92 Å². The number of fused-ring (bicyclic) bond motifs is 1. The highest BCUT2D eigenvalue weighted by Gasteiger charge is 2.41. The largest absolute Gasteiger partial charge is 0.299 e. The van der Waals surface area contributed by atoms with E-state index < -0.39 is 0 Å². The number of piperidine rings is 1. The van der Waals surface area contributed by atoms with Gasteiger partial charge in [-0.3, -0.25) is 14.5 Å². The summed E-state index contributed by atoms with van der Waals surface area (Å²) in [7, 11) is 2.31. The van der Waals surface area contributed by atoms with E-state index in [4.69, 9.17) is 0 Å². The van der Waals surface area contributed by atoms with Gasteiger partial charge in [0, 0.05) is 37.6 Å². The first-order valence-corrected chi connectivity index (χ1v) is 9.16. The van der Waals surface area contributed by atoms with E-state index in [-0.39, 0.29) is 0 Å². The summed E-state index contributed by atoms with van der Waals surface area (Å²) in [4.78, 5) is 5.27. The molecule has 0 bridgehead atoms. The van der Waals surface area contributed by atoms with Crippen molar-refractivity contribution in [2.45, 2.75) is 38.0 Å². The molecule has 3 atom stereocenters. The Bertz CT molecular complexity index is 578. The number of thiophene rings is 1. The Kier molecular flexibility index (Phi) is 4.03. The molecule has 4 nitrogen and oxygen atoms in total. The van der Waals surface area contributed by atoms with Crippen LogP contribution in [0.1, 0.15) is 18.4 Å². The lowest BCUT2D eigenvalue weighted by atomic mass is 9.92. The normalized spacial score (nSPS) is 29.8. The Morgan fingerprint density at radius 1 is 1.41 bits per heavy atom. The van der Waals surface area contributed by atoms with Crippen molar-refractivity contribution in [3.8, 4) is 0 Å². The molecule has 2 aliphatic rings. The maximum absolute atomic E-state index is 4.38. The molecule has 2 aromatic heterocycles. The number of nitrogens with zero attached hydrogens (tertiary/aromatic N) is 4. The van der Waals surface area contributed by atoms with Gasteiger partial charge in [-0.1, -0.05) is 0 Å². The lowest BCUT2D eigenvalue weighted by Crippen LogP contribution is -2.45. The fraction of sp³-hybridized carbons (Fsp3) is 0.588. The van der Waals surface area contributed by atoms with Crippen LogP contribution in [0.5, 0.6) is 0 Å². The van der Waals surface area contributed by atoms with Crippen molar-refractivity contribution in [1.29, 1.82) is 0 Å². The minimum absolute atomic E-state index is 0.635. The maximum atomic E-state index is 4.38. The highest BCUT2D eigenvalue weighted by atomic mass is 32.1. The molecule has 2 fully saturated rings. The Labute approximate surface area is 136 Å². The summed E-state index contributed by atoms with van der Waals surface area (Å²) in [6.07, 6.45) is 6.57. The molecule has 4 rings (SSSR count). The topological polar surface area (TPSA) is 24.3 Å². The highest BCUT2D eigenvalue weighted by molar-refractivity contribution is 7.07. The SMILES string of the molecule is CN1C(Cn2cccn2)C[C@H]2CN(Cc3ccsc3)CC[C@H]21. The van der Waals surface area contributed by atoms with Crippen LogP contribution in [0, 0.1) is 5.92 Å². The molecule has 0 aromatic carbocycles. The van der Waals surface area contributed by atoms with Gasteiger partial charge < -0.3 is 0 Å². The third-order valence-electron chi connectivity index (χ3n) is 5.40. The minimum atomic E-state index is 0.635. The molecule has 4 heterocycles. The van der Waals surface area contributed by atoms with E-state index in [1.807, 2.05) is 12.3 Å². The molecular weight excluding hydrogens is 292 g/mol. The van der Waals surface area contributed by atoms with Crippen LogP contribution in [-0.2, 0) is 13.1 Å². The van der Waals surface area contributed by atoms with Crippen molar-refractivity contribution >= 4 is 11.3 Å². The van der Waals surface area contributed by atoms with E-state index in [9.17, 15) is 0 Å². The number of rotatable bonds is 4. The Hall–Kier alpha value is -1.17. The summed E-state index contributed by atoms with van der Waals surface area (Å²) < 4.78 is 2.08. The summed E-state index contributed by atoms with van der Waals surface area (Å²) in [5.41, 5.74) is 1.47.